The van der Waals surface area contributed by atoms with Gasteiger partial charge in [-0.3, -0.25) is 0 Å². The molecule has 0 saturated heterocycles. The summed E-state index contributed by atoms with van der Waals surface area (Å²) < 4.78 is 7.76. The molecular weight excluding hydrogens is 372 g/mol. The Balaban J connectivity index is 1.38. The number of phenols is 1. The molecule has 3 aromatic carbocycles. The lowest BCUT2D eigenvalue weighted by Crippen LogP contribution is -2.01. The van der Waals surface area contributed by atoms with Crippen molar-refractivity contribution in [1.82, 2.24) is 9.55 Å². The van der Waals surface area contributed by atoms with Gasteiger partial charge in [-0.05, 0) is 66.2 Å². The topological polar surface area (TPSA) is 47.3 Å². The number of hydrogen-bond donors (Lipinski definition) is 1. The highest BCUT2D eigenvalue weighted by molar-refractivity contribution is 6.30. The summed E-state index contributed by atoms with van der Waals surface area (Å²) in [7, 11) is 0. The molecular formula is C23H19ClN2O2. The van der Waals surface area contributed by atoms with Crippen LogP contribution in [-0.2, 0) is 6.42 Å². The van der Waals surface area contributed by atoms with Gasteiger partial charge in [-0.25, -0.2) is 4.98 Å². The highest BCUT2D eigenvalue weighted by atomic mass is 35.5. The Morgan fingerprint density at radius 3 is 2.32 bits per heavy atom. The molecule has 4 nitrogen and oxygen atoms in total. The fourth-order valence-electron chi connectivity index (χ4n) is 2.90. The van der Waals surface area contributed by atoms with Gasteiger partial charge in [0.2, 0.25) is 0 Å². The van der Waals surface area contributed by atoms with Crippen LogP contribution in [-0.4, -0.2) is 21.3 Å². The summed E-state index contributed by atoms with van der Waals surface area (Å²) in [4.78, 5) is 4.47. The Hall–Kier alpha value is -3.24. The molecule has 0 aliphatic carbocycles. The van der Waals surface area contributed by atoms with E-state index in [9.17, 15) is 5.11 Å². The highest BCUT2D eigenvalue weighted by Gasteiger charge is 2.05. The number of aromatic hydroxyl groups is 1. The Labute approximate surface area is 168 Å². The van der Waals surface area contributed by atoms with Crippen LogP contribution in [0.1, 0.15) is 5.56 Å². The van der Waals surface area contributed by atoms with Crippen molar-refractivity contribution < 1.29 is 9.84 Å². The molecule has 4 aromatic rings. The van der Waals surface area contributed by atoms with Crippen LogP contribution >= 0.6 is 11.6 Å². The Kier molecular flexibility index (Phi) is 5.31. The first kappa shape index (κ1) is 18.1. The summed E-state index contributed by atoms with van der Waals surface area (Å²) in [6.45, 7) is 0.608. The number of aromatic nitrogens is 2. The minimum atomic E-state index is 0.246. The standard InChI is InChI=1S/C23H19ClN2O2/c24-19-5-1-17(2-6-19)13-14-28-22-11-3-18(4-12-22)23-15-26(16-25-23)20-7-9-21(27)10-8-20/h1-12,15-16,27H,13-14H2. The molecule has 0 spiro atoms. The van der Waals surface area contributed by atoms with Gasteiger partial charge in [0.15, 0.2) is 0 Å². The predicted molar refractivity (Wildman–Crippen MR) is 111 cm³/mol. The van der Waals surface area contributed by atoms with Gasteiger partial charge in [-0.1, -0.05) is 23.7 Å². The second-order valence-electron chi connectivity index (χ2n) is 6.43. The largest absolute Gasteiger partial charge is 0.508 e. The van der Waals surface area contributed by atoms with E-state index >= 15 is 0 Å². The number of ether oxygens (including phenoxy) is 1. The van der Waals surface area contributed by atoms with Gasteiger partial charge in [0.05, 0.1) is 18.6 Å². The van der Waals surface area contributed by atoms with Gasteiger partial charge in [-0.2, -0.15) is 0 Å². The van der Waals surface area contributed by atoms with Gasteiger partial charge in [-0.15, -0.1) is 0 Å². The van der Waals surface area contributed by atoms with Crippen molar-refractivity contribution in [2.45, 2.75) is 6.42 Å². The molecule has 4 rings (SSSR count). The van der Waals surface area contributed by atoms with Crippen molar-refractivity contribution in [3.8, 4) is 28.4 Å². The Morgan fingerprint density at radius 2 is 1.61 bits per heavy atom. The minimum absolute atomic E-state index is 0.246. The van der Waals surface area contributed by atoms with Crippen molar-refractivity contribution >= 4 is 11.6 Å². The maximum absolute atomic E-state index is 9.41. The van der Waals surface area contributed by atoms with Crippen molar-refractivity contribution in [2.24, 2.45) is 0 Å². The van der Waals surface area contributed by atoms with E-state index in [0.717, 1.165) is 34.1 Å². The second kappa shape index (κ2) is 8.19. The zero-order valence-electron chi connectivity index (χ0n) is 15.1. The molecule has 0 radical (unpaired) electrons. The predicted octanol–water partition coefficient (Wildman–Crippen LogP) is 5.52. The Bertz CT molecular complexity index is 1040. The lowest BCUT2D eigenvalue weighted by Gasteiger charge is -2.07. The van der Waals surface area contributed by atoms with Crippen LogP contribution < -0.4 is 4.74 Å². The summed E-state index contributed by atoms with van der Waals surface area (Å²) >= 11 is 5.90. The number of hydrogen-bond acceptors (Lipinski definition) is 3. The highest BCUT2D eigenvalue weighted by Crippen LogP contribution is 2.23. The van der Waals surface area contributed by atoms with Crippen LogP contribution in [0.2, 0.25) is 5.02 Å². The average molecular weight is 391 g/mol. The van der Waals surface area contributed by atoms with E-state index in [1.165, 1.54) is 5.56 Å². The van der Waals surface area contributed by atoms with Crippen molar-refractivity contribution in [1.29, 1.82) is 0 Å². The lowest BCUT2D eigenvalue weighted by atomic mass is 10.1. The first-order chi connectivity index (χ1) is 13.7. The van der Waals surface area contributed by atoms with E-state index in [-0.39, 0.29) is 5.75 Å². The molecule has 1 heterocycles. The van der Waals surface area contributed by atoms with Crippen molar-refractivity contribution in [3.63, 3.8) is 0 Å². The molecule has 1 N–H and O–H groups in total. The fraction of sp³-hybridized carbons (Fsp3) is 0.0870. The van der Waals surface area contributed by atoms with E-state index < -0.39 is 0 Å². The smallest absolute Gasteiger partial charge is 0.119 e. The van der Waals surface area contributed by atoms with E-state index in [0.29, 0.717) is 6.61 Å². The normalized spacial score (nSPS) is 10.8. The van der Waals surface area contributed by atoms with Crippen LogP contribution in [0, 0.1) is 0 Å². The van der Waals surface area contributed by atoms with E-state index in [4.69, 9.17) is 16.3 Å². The molecule has 1 aromatic heterocycles. The summed E-state index contributed by atoms with van der Waals surface area (Å²) in [5.41, 5.74) is 4.03. The molecule has 0 atom stereocenters. The van der Waals surface area contributed by atoms with Gasteiger partial charge in [0.25, 0.3) is 0 Å². The van der Waals surface area contributed by atoms with Crippen LogP contribution in [0.15, 0.2) is 85.3 Å². The maximum Gasteiger partial charge on any atom is 0.119 e. The molecule has 0 bridgehead atoms. The third-order valence-corrected chi connectivity index (χ3v) is 4.71. The monoisotopic (exact) mass is 390 g/mol. The number of benzene rings is 3. The summed E-state index contributed by atoms with van der Waals surface area (Å²) in [6, 6.07) is 22.7. The molecule has 0 fully saturated rings. The first-order valence-electron chi connectivity index (χ1n) is 8.98. The third kappa shape index (κ3) is 4.35. The average Bonchev–Trinajstić information content (AvgIpc) is 3.21. The SMILES string of the molecule is Oc1ccc(-n2cnc(-c3ccc(OCCc4ccc(Cl)cc4)cc3)c2)cc1. The first-order valence-corrected chi connectivity index (χ1v) is 9.36. The number of phenolic OH excluding ortho intramolecular Hbond substituents is 1. The molecule has 5 heteroatoms. The van der Waals surface area contributed by atoms with Crippen LogP contribution in [0.25, 0.3) is 16.9 Å². The third-order valence-electron chi connectivity index (χ3n) is 4.45. The van der Waals surface area contributed by atoms with Crippen LogP contribution in [0.4, 0.5) is 0 Å². The quantitative estimate of drug-likeness (QED) is 0.471. The van der Waals surface area contributed by atoms with Gasteiger partial charge >= 0.3 is 0 Å². The fourth-order valence-corrected chi connectivity index (χ4v) is 3.02. The lowest BCUT2D eigenvalue weighted by molar-refractivity contribution is 0.322. The van der Waals surface area contributed by atoms with E-state index in [2.05, 4.69) is 4.98 Å². The summed E-state index contributed by atoms with van der Waals surface area (Å²) in [5, 5.41) is 10.2. The maximum atomic E-state index is 9.41. The van der Waals surface area contributed by atoms with Crippen LogP contribution in [0.5, 0.6) is 11.5 Å². The number of halogens is 1. The molecule has 0 amide bonds. The van der Waals surface area contributed by atoms with Crippen molar-refractivity contribution in [3.05, 3.63) is 95.9 Å². The van der Waals surface area contributed by atoms with E-state index in [1.54, 1.807) is 18.5 Å². The number of imidazole rings is 1. The molecule has 0 aliphatic rings. The molecule has 28 heavy (non-hydrogen) atoms. The molecule has 0 unspecified atom stereocenters. The summed E-state index contributed by atoms with van der Waals surface area (Å²) in [6.07, 6.45) is 4.55. The zero-order chi connectivity index (χ0) is 19.3. The van der Waals surface area contributed by atoms with E-state index in [1.807, 2.05) is 71.4 Å². The molecule has 0 saturated carbocycles. The minimum Gasteiger partial charge on any atom is -0.508 e. The number of rotatable bonds is 6. The molecule has 140 valence electrons. The van der Waals surface area contributed by atoms with Gasteiger partial charge in [0.1, 0.15) is 11.5 Å². The van der Waals surface area contributed by atoms with Gasteiger partial charge in [0, 0.05) is 28.9 Å². The van der Waals surface area contributed by atoms with Crippen molar-refractivity contribution in [2.75, 3.05) is 6.61 Å². The Morgan fingerprint density at radius 1 is 0.893 bits per heavy atom. The second-order valence-corrected chi connectivity index (χ2v) is 6.87. The number of nitrogens with zero attached hydrogens (tertiary/aromatic N) is 2. The zero-order valence-corrected chi connectivity index (χ0v) is 15.9. The van der Waals surface area contributed by atoms with Crippen LogP contribution in [0.3, 0.4) is 0 Å². The molecule has 0 aliphatic heterocycles. The summed E-state index contributed by atoms with van der Waals surface area (Å²) in [5.74, 6) is 1.08. The van der Waals surface area contributed by atoms with Gasteiger partial charge < -0.3 is 14.4 Å².